The highest BCUT2D eigenvalue weighted by atomic mass is 16.5. The van der Waals surface area contributed by atoms with E-state index in [0.717, 1.165) is 6.42 Å². The van der Waals surface area contributed by atoms with Gasteiger partial charge in [-0.05, 0) is 12.8 Å². The molecule has 0 bridgehead atoms. The molecule has 0 aliphatic carbocycles. The van der Waals surface area contributed by atoms with E-state index in [1.165, 1.54) is 0 Å². The lowest BCUT2D eigenvalue weighted by molar-refractivity contribution is -0.137. The van der Waals surface area contributed by atoms with E-state index in [4.69, 9.17) is 9.84 Å². The van der Waals surface area contributed by atoms with Crippen LogP contribution in [0.1, 0.15) is 26.2 Å². The van der Waals surface area contributed by atoms with Gasteiger partial charge >= 0.3 is 12.0 Å². The SMILES string of the molecule is CCC1COCCN1C(=O)NCCCC(=O)O. The standard InChI is InChI=1S/C11H20N2O4/c1-2-9-8-17-7-6-13(9)11(16)12-5-3-4-10(14)15/h9H,2-8H2,1H3,(H,12,16)(H,14,15). The normalized spacial score (nSPS) is 20.1. The summed E-state index contributed by atoms with van der Waals surface area (Å²) >= 11 is 0. The topological polar surface area (TPSA) is 78.9 Å². The number of morpholine rings is 1. The van der Waals surface area contributed by atoms with E-state index in [9.17, 15) is 9.59 Å². The molecule has 1 fully saturated rings. The van der Waals surface area contributed by atoms with Gasteiger partial charge in [-0.3, -0.25) is 4.79 Å². The summed E-state index contributed by atoms with van der Waals surface area (Å²) in [7, 11) is 0. The Kier molecular flexibility index (Phi) is 5.76. The smallest absolute Gasteiger partial charge is 0.317 e. The fraction of sp³-hybridized carbons (Fsp3) is 0.818. The van der Waals surface area contributed by atoms with E-state index in [0.29, 0.717) is 32.7 Å². The zero-order chi connectivity index (χ0) is 12.7. The number of rotatable bonds is 5. The Morgan fingerprint density at radius 1 is 1.53 bits per heavy atom. The molecule has 2 amide bonds. The molecule has 1 rings (SSSR count). The van der Waals surface area contributed by atoms with Crippen LogP contribution in [-0.4, -0.2) is 54.4 Å². The summed E-state index contributed by atoms with van der Waals surface area (Å²) in [6, 6.07) is 0.00811. The van der Waals surface area contributed by atoms with Crippen LogP contribution in [0.15, 0.2) is 0 Å². The van der Waals surface area contributed by atoms with Crippen molar-refractivity contribution in [1.29, 1.82) is 0 Å². The summed E-state index contributed by atoms with van der Waals surface area (Å²) in [5.74, 6) is -0.836. The molecule has 1 atom stereocenters. The predicted octanol–water partition coefficient (Wildman–Crippen LogP) is 0.672. The van der Waals surface area contributed by atoms with Crippen LogP contribution in [0.3, 0.4) is 0 Å². The molecule has 1 aliphatic rings. The summed E-state index contributed by atoms with van der Waals surface area (Å²) in [4.78, 5) is 23.9. The number of ether oxygens (including phenoxy) is 1. The number of carboxylic acid groups (broad SMARTS) is 1. The van der Waals surface area contributed by atoms with Gasteiger partial charge in [0.15, 0.2) is 0 Å². The molecule has 6 nitrogen and oxygen atoms in total. The first-order chi connectivity index (χ1) is 8.15. The van der Waals surface area contributed by atoms with Crippen molar-refractivity contribution in [3.8, 4) is 0 Å². The summed E-state index contributed by atoms with van der Waals surface area (Å²) in [6.07, 6.45) is 1.41. The number of carbonyl (C=O) groups excluding carboxylic acids is 1. The highest BCUT2D eigenvalue weighted by Gasteiger charge is 2.25. The minimum atomic E-state index is -0.836. The first kappa shape index (κ1) is 13.8. The van der Waals surface area contributed by atoms with Crippen molar-refractivity contribution < 1.29 is 19.4 Å². The van der Waals surface area contributed by atoms with E-state index in [1.807, 2.05) is 6.92 Å². The van der Waals surface area contributed by atoms with Crippen LogP contribution >= 0.6 is 0 Å². The number of urea groups is 1. The molecule has 1 saturated heterocycles. The van der Waals surface area contributed by atoms with Crippen LogP contribution in [0.2, 0.25) is 0 Å². The van der Waals surface area contributed by atoms with E-state index in [1.54, 1.807) is 4.90 Å². The van der Waals surface area contributed by atoms with Crippen LogP contribution in [0.5, 0.6) is 0 Å². The van der Waals surface area contributed by atoms with Crippen molar-refractivity contribution in [2.45, 2.75) is 32.2 Å². The van der Waals surface area contributed by atoms with Gasteiger partial charge in [-0.25, -0.2) is 4.79 Å². The molecule has 6 heteroatoms. The Hall–Kier alpha value is -1.30. The lowest BCUT2D eigenvalue weighted by Gasteiger charge is -2.35. The lowest BCUT2D eigenvalue weighted by Crippen LogP contribution is -2.52. The van der Waals surface area contributed by atoms with Crippen LogP contribution in [-0.2, 0) is 9.53 Å². The fourth-order valence-corrected chi connectivity index (χ4v) is 1.80. The first-order valence-corrected chi connectivity index (χ1v) is 5.99. The van der Waals surface area contributed by atoms with Gasteiger partial charge in [0.05, 0.1) is 19.3 Å². The van der Waals surface area contributed by atoms with Crippen molar-refractivity contribution >= 4 is 12.0 Å². The molecular weight excluding hydrogens is 224 g/mol. The van der Waals surface area contributed by atoms with Gasteiger partial charge in [0.2, 0.25) is 0 Å². The molecule has 0 aromatic carbocycles. The van der Waals surface area contributed by atoms with E-state index < -0.39 is 5.97 Å². The second-order valence-corrected chi connectivity index (χ2v) is 4.06. The minimum Gasteiger partial charge on any atom is -0.481 e. The molecule has 2 N–H and O–H groups in total. The lowest BCUT2D eigenvalue weighted by atomic mass is 10.2. The Bertz CT molecular complexity index is 270. The van der Waals surface area contributed by atoms with Crippen LogP contribution in [0, 0.1) is 0 Å². The summed E-state index contributed by atoms with van der Waals surface area (Å²) in [5, 5.41) is 11.2. The number of carbonyl (C=O) groups is 2. The van der Waals surface area contributed by atoms with Crippen LogP contribution < -0.4 is 5.32 Å². The highest BCUT2D eigenvalue weighted by molar-refractivity contribution is 5.74. The van der Waals surface area contributed by atoms with Crippen molar-refractivity contribution in [2.24, 2.45) is 0 Å². The quantitative estimate of drug-likeness (QED) is 0.697. The summed E-state index contributed by atoms with van der Waals surface area (Å²) in [6.45, 7) is 4.17. The summed E-state index contributed by atoms with van der Waals surface area (Å²) in [5.41, 5.74) is 0. The van der Waals surface area contributed by atoms with Gasteiger partial charge in [0, 0.05) is 19.5 Å². The second kappa shape index (κ2) is 7.11. The van der Waals surface area contributed by atoms with Crippen molar-refractivity contribution in [3.63, 3.8) is 0 Å². The molecule has 0 saturated carbocycles. The molecule has 0 aromatic rings. The number of amides is 2. The zero-order valence-corrected chi connectivity index (χ0v) is 10.1. The third-order valence-electron chi connectivity index (χ3n) is 2.80. The van der Waals surface area contributed by atoms with E-state index >= 15 is 0 Å². The maximum Gasteiger partial charge on any atom is 0.317 e. The number of nitrogens with one attached hydrogen (secondary N) is 1. The van der Waals surface area contributed by atoms with Gasteiger partial charge in [-0.15, -0.1) is 0 Å². The van der Waals surface area contributed by atoms with E-state index in [-0.39, 0.29) is 18.5 Å². The molecule has 1 unspecified atom stereocenters. The minimum absolute atomic E-state index is 0.0839. The van der Waals surface area contributed by atoms with Crippen molar-refractivity contribution in [1.82, 2.24) is 10.2 Å². The van der Waals surface area contributed by atoms with Gasteiger partial charge in [-0.2, -0.15) is 0 Å². The molecule has 0 aromatic heterocycles. The second-order valence-electron chi connectivity index (χ2n) is 4.06. The van der Waals surface area contributed by atoms with E-state index in [2.05, 4.69) is 5.32 Å². The first-order valence-electron chi connectivity index (χ1n) is 5.99. The average molecular weight is 244 g/mol. The maximum absolute atomic E-state index is 11.8. The Morgan fingerprint density at radius 2 is 2.29 bits per heavy atom. The maximum atomic E-state index is 11.8. The monoisotopic (exact) mass is 244 g/mol. The number of carboxylic acids is 1. The third-order valence-corrected chi connectivity index (χ3v) is 2.80. The fourth-order valence-electron chi connectivity index (χ4n) is 1.80. The van der Waals surface area contributed by atoms with Gasteiger partial charge in [0.1, 0.15) is 0 Å². The molecule has 0 radical (unpaired) electrons. The van der Waals surface area contributed by atoms with Crippen molar-refractivity contribution in [2.75, 3.05) is 26.3 Å². The predicted molar refractivity (Wildman–Crippen MR) is 61.9 cm³/mol. The summed E-state index contributed by atoms with van der Waals surface area (Å²) < 4.78 is 5.31. The van der Waals surface area contributed by atoms with Gasteiger partial charge in [0.25, 0.3) is 0 Å². The number of aliphatic carboxylic acids is 1. The number of hydrogen-bond acceptors (Lipinski definition) is 3. The molecule has 98 valence electrons. The molecule has 0 spiro atoms. The van der Waals surface area contributed by atoms with Crippen LogP contribution in [0.4, 0.5) is 4.79 Å². The molecule has 1 heterocycles. The Morgan fingerprint density at radius 3 is 2.94 bits per heavy atom. The Labute approximate surface area is 101 Å². The van der Waals surface area contributed by atoms with Crippen LogP contribution in [0.25, 0.3) is 0 Å². The van der Waals surface area contributed by atoms with Gasteiger partial charge < -0.3 is 20.1 Å². The molecular formula is C11H20N2O4. The number of nitrogens with zero attached hydrogens (tertiary/aromatic N) is 1. The molecule has 17 heavy (non-hydrogen) atoms. The van der Waals surface area contributed by atoms with Gasteiger partial charge in [-0.1, -0.05) is 6.92 Å². The molecule has 1 aliphatic heterocycles. The average Bonchev–Trinajstić information content (AvgIpc) is 2.34. The largest absolute Gasteiger partial charge is 0.481 e. The highest BCUT2D eigenvalue weighted by Crippen LogP contribution is 2.10. The zero-order valence-electron chi connectivity index (χ0n) is 10.1. The van der Waals surface area contributed by atoms with Crippen molar-refractivity contribution in [3.05, 3.63) is 0 Å². The third kappa shape index (κ3) is 4.60. The Balaban J connectivity index is 2.27. The number of hydrogen-bond donors (Lipinski definition) is 2.